The summed E-state index contributed by atoms with van der Waals surface area (Å²) in [6.45, 7) is 6.67. The van der Waals surface area contributed by atoms with Crippen LogP contribution in [0.3, 0.4) is 0 Å². The summed E-state index contributed by atoms with van der Waals surface area (Å²) in [4.78, 5) is 38.4. The highest BCUT2D eigenvalue weighted by molar-refractivity contribution is 5.71. The number of hydrogen-bond donors (Lipinski definition) is 0. The van der Waals surface area contributed by atoms with Crippen LogP contribution >= 0.6 is 0 Å². The molecule has 0 aliphatic rings. The Balaban J connectivity index is 4.18. The van der Waals surface area contributed by atoms with Crippen molar-refractivity contribution < 1.29 is 28.6 Å². The van der Waals surface area contributed by atoms with Crippen LogP contribution in [-0.4, -0.2) is 37.2 Å². The quantitative estimate of drug-likeness (QED) is 0.0261. The smallest absolute Gasteiger partial charge is 0.306 e. The van der Waals surface area contributed by atoms with Gasteiger partial charge in [-0.2, -0.15) is 0 Å². The van der Waals surface area contributed by atoms with E-state index in [1.165, 1.54) is 276 Å². The number of carbonyl (C=O) groups excluding carboxylic acids is 3. The highest BCUT2D eigenvalue weighted by Gasteiger charge is 2.19. The summed E-state index contributed by atoms with van der Waals surface area (Å²) in [6.07, 6.45) is 84.7. The lowest BCUT2D eigenvalue weighted by Gasteiger charge is -2.18. The number of allylic oxidation sites excluding steroid dienone is 6. The molecule has 0 aromatic rings. The molecule has 464 valence electrons. The predicted molar refractivity (Wildman–Crippen MR) is 344 cm³/mol. The summed E-state index contributed by atoms with van der Waals surface area (Å²) in [5.41, 5.74) is 0. The second-order valence-corrected chi connectivity index (χ2v) is 24.2. The lowest BCUT2D eigenvalue weighted by molar-refractivity contribution is -0.167. The molecule has 0 aliphatic heterocycles. The number of esters is 3. The maximum absolute atomic E-state index is 12.9. The van der Waals surface area contributed by atoms with Gasteiger partial charge in [0.2, 0.25) is 0 Å². The van der Waals surface area contributed by atoms with Gasteiger partial charge < -0.3 is 14.2 Å². The molecule has 0 aromatic heterocycles. The number of ether oxygens (including phenoxy) is 3. The molecule has 0 bridgehead atoms. The van der Waals surface area contributed by atoms with Gasteiger partial charge in [0.1, 0.15) is 13.2 Å². The van der Waals surface area contributed by atoms with Crippen LogP contribution in [0, 0.1) is 0 Å². The van der Waals surface area contributed by atoms with Crippen molar-refractivity contribution in [2.75, 3.05) is 13.2 Å². The van der Waals surface area contributed by atoms with Crippen molar-refractivity contribution in [3.05, 3.63) is 36.5 Å². The predicted octanol–water partition coefficient (Wildman–Crippen LogP) is 24.3. The van der Waals surface area contributed by atoms with Crippen LogP contribution in [0.2, 0.25) is 0 Å². The molecule has 6 nitrogen and oxygen atoms in total. The summed E-state index contributed by atoms with van der Waals surface area (Å²) in [6, 6.07) is 0. The molecular formula is C73H136O6. The van der Waals surface area contributed by atoms with E-state index in [2.05, 4.69) is 57.2 Å². The molecule has 0 N–H and O–H groups in total. The molecule has 1 atom stereocenters. The Labute approximate surface area is 493 Å². The van der Waals surface area contributed by atoms with Crippen molar-refractivity contribution in [2.24, 2.45) is 0 Å². The monoisotopic (exact) mass is 1110 g/mol. The normalized spacial score (nSPS) is 12.2. The van der Waals surface area contributed by atoms with E-state index in [0.717, 1.165) is 77.0 Å². The van der Waals surface area contributed by atoms with Gasteiger partial charge in [-0.05, 0) is 57.8 Å². The van der Waals surface area contributed by atoms with Gasteiger partial charge in [-0.15, -0.1) is 0 Å². The Morgan fingerprint density at radius 3 is 0.734 bits per heavy atom. The van der Waals surface area contributed by atoms with E-state index in [1.807, 2.05) is 0 Å². The van der Waals surface area contributed by atoms with Crippen LogP contribution in [0.25, 0.3) is 0 Å². The topological polar surface area (TPSA) is 78.9 Å². The van der Waals surface area contributed by atoms with Crippen LogP contribution in [0.15, 0.2) is 36.5 Å². The van der Waals surface area contributed by atoms with Crippen molar-refractivity contribution in [1.29, 1.82) is 0 Å². The lowest BCUT2D eigenvalue weighted by atomic mass is 10.0. The average Bonchev–Trinajstić information content (AvgIpc) is 3.45. The minimum absolute atomic E-state index is 0.0720. The highest BCUT2D eigenvalue weighted by atomic mass is 16.6. The third kappa shape index (κ3) is 66.3. The third-order valence-electron chi connectivity index (χ3n) is 16.1. The first-order chi connectivity index (χ1) is 39.0. The molecule has 6 heteroatoms. The standard InChI is InChI=1S/C73H136O6/c1-4-7-10-13-16-19-22-25-27-29-31-32-33-34-35-36-37-38-39-40-42-43-45-48-51-54-57-60-63-66-72(75)78-69-70(68-77-71(74)65-62-59-56-53-50-47-24-21-18-15-12-9-6-3)79-73(76)67-64-61-58-55-52-49-46-44-41-30-28-26-23-20-17-14-11-8-5-2/h17,20,26,28,41,44,70H,4-16,18-19,21-25,27,29-40,42-43,45-69H2,1-3H3/b20-17-,28-26-,44-41-. The van der Waals surface area contributed by atoms with Gasteiger partial charge in [0.25, 0.3) is 0 Å². The van der Waals surface area contributed by atoms with E-state index in [9.17, 15) is 14.4 Å². The zero-order valence-corrected chi connectivity index (χ0v) is 53.4. The largest absolute Gasteiger partial charge is 0.462 e. The third-order valence-corrected chi connectivity index (χ3v) is 16.1. The van der Waals surface area contributed by atoms with Gasteiger partial charge in [-0.3, -0.25) is 14.4 Å². The van der Waals surface area contributed by atoms with Gasteiger partial charge in [-0.1, -0.05) is 353 Å². The summed E-state index contributed by atoms with van der Waals surface area (Å²) in [5, 5.41) is 0. The van der Waals surface area contributed by atoms with Crippen LogP contribution in [0.4, 0.5) is 0 Å². The molecule has 0 saturated heterocycles. The molecule has 1 unspecified atom stereocenters. The van der Waals surface area contributed by atoms with Crippen molar-refractivity contribution in [1.82, 2.24) is 0 Å². The van der Waals surface area contributed by atoms with E-state index < -0.39 is 6.10 Å². The fourth-order valence-corrected chi connectivity index (χ4v) is 10.8. The van der Waals surface area contributed by atoms with E-state index in [1.54, 1.807) is 0 Å². The Morgan fingerprint density at radius 1 is 0.253 bits per heavy atom. The van der Waals surface area contributed by atoms with Gasteiger partial charge in [0.05, 0.1) is 0 Å². The lowest BCUT2D eigenvalue weighted by Crippen LogP contribution is -2.30. The first-order valence-electron chi connectivity index (χ1n) is 35.5. The Bertz CT molecular complexity index is 1320. The molecular weight excluding hydrogens is 973 g/mol. The van der Waals surface area contributed by atoms with Crippen molar-refractivity contribution in [3.63, 3.8) is 0 Å². The van der Waals surface area contributed by atoms with Crippen LogP contribution in [0.1, 0.15) is 393 Å². The van der Waals surface area contributed by atoms with Crippen molar-refractivity contribution in [3.8, 4) is 0 Å². The first kappa shape index (κ1) is 76.6. The number of carbonyl (C=O) groups is 3. The van der Waals surface area contributed by atoms with E-state index in [4.69, 9.17) is 14.2 Å². The maximum Gasteiger partial charge on any atom is 0.306 e. The summed E-state index contributed by atoms with van der Waals surface area (Å²) < 4.78 is 17.0. The van der Waals surface area contributed by atoms with Gasteiger partial charge >= 0.3 is 17.9 Å². The van der Waals surface area contributed by atoms with Crippen molar-refractivity contribution >= 4 is 17.9 Å². The van der Waals surface area contributed by atoms with E-state index >= 15 is 0 Å². The first-order valence-corrected chi connectivity index (χ1v) is 35.5. The maximum atomic E-state index is 12.9. The van der Waals surface area contributed by atoms with Gasteiger partial charge in [0.15, 0.2) is 6.10 Å². The summed E-state index contributed by atoms with van der Waals surface area (Å²) in [7, 11) is 0. The Kier molecular flexibility index (Phi) is 66.1. The van der Waals surface area contributed by atoms with Crippen LogP contribution in [-0.2, 0) is 28.6 Å². The Morgan fingerprint density at radius 2 is 0.456 bits per heavy atom. The fourth-order valence-electron chi connectivity index (χ4n) is 10.8. The van der Waals surface area contributed by atoms with E-state index in [-0.39, 0.29) is 31.1 Å². The highest BCUT2D eigenvalue weighted by Crippen LogP contribution is 2.19. The second-order valence-electron chi connectivity index (χ2n) is 24.2. The summed E-state index contributed by atoms with van der Waals surface area (Å²) in [5.74, 6) is -0.856. The number of rotatable bonds is 66. The average molecular weight is 1110 g/mol. The van der Waals surface area contributed by atoms with Crippen molar-refractivity contribution in [2.45, 2.75) is 399 Å². The molecule has 0 amide bonds. The van der Waals surface area contributed by atoms with Crippen LogP contribution < -0.4 is 0 Å². The van der Waals surface area contributed by atoms with Gasteiger partial charge in [0, 0.05) is 19.3 Å². The van der Waals surface area contributed by atoms with Crippen LogP contribution in [0.5, 0.6) is 0 Å². The second kappa shape index (κ2) is 68.1. The number of unbranched alkanes of at least 4 members (excludes halogenated alkanes) is 49. The minimum atomic E-state index is -0.777. The number of hydrogen-bond acceptors (Lipinski definition) is 6. The molecule has 0 saturated carbocycles. The zero-order valence-electron chi connectivity index (χ0n) is 53.4. The molecule has 0 rings (SSSR count). The zero-order chi connectivity index (χ0) is 57.1. The molecule has 0 heterocycles. The van der Waals surface area contributed by atoms with Gasteiger partial charge in [-0.25, -0.2) is 0 Å². The molecule has 0 aromatic carbocycles. The molecule has 79 heavy (non-hydrogen) atoms. The fraction of sp³-hybridized carbons (Fsp3) is 0.877. The molecule has 0 fully saturated rings. The SMILES string of the molecule is CCCCC/C=C\C/C=C\C/C=C\CCCCCCCCC(=O)OC(COC(=O)CCCCCCCCCCCCCCC)COC(=O)CCCCCCCCCCCCCCCCCCCCCCCCCCCCCCC. The summed E-state index contributed by atoms with van der Waals surface area (Å²) >= 11 is 0. The Hall–Kier alpha value is -2.37. The molecule has 0 radical (unpaired) electrons. The minimum Gasteiger partial charge on any atom is -0.462 e. The molecule has 0 aliphatic carbocycles. The van der Waals surface area contributed by atoms with E-state index in [0.29, 0.717) is 19.3 Å². The molecule has 0 spiro atoms.